The molecule has 0 saturated carbocycles. The van der Waals surface area contributed by atoms with Crippen molar-refractivity contribution < 1.29 is 0 Å². The Morgan fingerprint density at radius 1 is 0.196 bits per heavy atom. The van der Waals surface area contributed by atoms with Crippen molar-refractivity contribution in [2.45, 2.75) is 0 Å². The van der Waals surface area contributed by atoms with E-state index >= 15 is 0 Å². The lowest BCUT2D eigenvalue weighted by atomic mass is 9.85. The zero-order valence-corrected chi connectivity index (χ0v) is 25.3. The summed E-state index contributed by atoms with van der Waals surface area (Å²) >= 11 is 0. The molecule has 0 nitrogen and oxygen atoms in total. The molecule has 214 valence electrons. The van der Waals surface area contributed by atoms with Crippen LogP contribution < -0.4 is 0 Å². The van der Waals surface area contributed by atoms with Gasteiger partial charge in [0.1, 0.15) is 0 Å². The van der Waals surface area contributed by atoms with Gasteiger partial charge in [0.05, 0.1) is 0 Å². The molecule has 0 amide bonds. The number of fused-ring (bicyclic) bond motifs is 4. The first-order chi connectivity index (χ1) is 22.8. The van der Waals surface area contributed by atoms with Crippen LogP contribution in [0.3, 0.4) is 0 Å². The standard InChI is InChI=1S/C46H30/c1-4-17-36-31(11-1)14-7-20-37(36)34-25-27-35(28-26-34)40-29-30-45(42-22-9-16-33-13-3-6-19-39(33)42)46-43(40)23-10-24-44(46)41-21-8-15-32-12-2-5-18-38(32)41/h1-30H. The van der Waals surface area contributed by atoms with Crippen molar-refractivity contribution in [3.8, 4) is 44.5 Å². The highest BCUT2D eigenvalue weighted by molar-refractivity contribution is 6.17. The molecule has 0 spiro atoms. The van der Waals surface area contributed by atoms with Crippen molar-refractivity contribution in [3.63, 3.8) is 0 Å². The fourth-order valence-electron chi connectivity index (χ4n) is 7.33. The summed E-state index contributed by atoms with van der Waals surface area (Å²) < 4.78 is 0. The lowest BCUT2D eigenvalue weighted by Gasteiger charge is -2.18. The van der Waals surface area contributed by atoms with E-state index < -0.39 is 0 Å². The minimum Gasteiger partial charge on any atom is -0.0616 e. The molecule has 0 saturated heterocycles. The molecule has 0 bridgehead atoms. The Balaban J connectivity index is 1.29. The van der Waals surface area contributed by atoms with Crippen molar-refractivity contribution in [2.75, 3.05) is 0 Å². The largest absolute Gasteiger partial charge is 0.0616 e. The van der Waals surface area contributed by atoms with Crippen LogP contribution in [0.4, 0.5) is 0 Å². The zero-order valence-electron chi connectivity index (χ0n) is 25.3. The van der Waals surface area contributed by atoms with E-state index in [0.717, 1.165) is 0 Å². The molecule has 0 aliphatic heterocycles. The molecule has 9 aromatic carbocycles. The smallest absolute Gasteiger partial charge is 0.00201 e. The second-order valence-corrected chi connectivity index (χ2v) is 12.0. The third kappa shape index (κ3) is 4.30. The Labute approximate surface area is 268 Å². The van der Waals surface area contributed by atoms with Gasteiger partial charge in [-0.1, -0.05) is 182 Å². The van der Waals surface area contributed by atoms with Gasteiger partial charge in [-0.05, 0) is 87.6 Å². The van der Waals surface area contributed by atoms with Crippen molar-refractivity contribution >= 4 is 43.1 Å². The first kappa shape index (κ1) is 26.4. The summed E-state index contributed by atoms with van der Waals surface area (Å²) in [7, 11) is 0. The van der Waals surface area contributed by atoms with E-state index in [-0.39, 0.29) is 0 Å². The van der Waals surface area contributed by atoms with E-state index in [4.69, 9.17) is 0 Å². The van der Waals surface area contributed by atoms with E-state index in [1.165, 1.54) is 87.6 Å². The lowest BCUT2D eigenvalue weighted by Crippen LogP contribution is -1.91. The maximum absolute atomic E-state index is 2.34. The molecule has 46 heavy (non-hydrogen) atoms. The Kier molecular flexibility index (Phi) is 6.25. The predicted octanol–water partition coefficient (Wildman–Crippen LogP) is 13.0. The minimum atomic E-state index is 1.22. The molecular formula is C46H30. The first-order valence-electron chi connectivity index (χ1n) is 15.9. The van der Waals surface area contributed by atoms with Crippen LogP contribution in [0.15, 0.2) is 182 Å². The van der Waals surface area contributed by atoms with Gasteiger partial charge >= 0.3 is 0 Å². The van der Waals surface area contributed by atoms with E-state index in [0.29, 0.717) is 0 Å². The lowest BCUT2D eigenvalue weighted by molar-refractivity contribution is 1.61. The predicted molar refractivity (Wildman–Crippen MR) is 198 cm³/mol. The van der Waals surface area contributed by atoms with Gasteiger partial charge in [-0.25, -0.2) is 0 Å². The number of benzene rings is 9. The quantitative estimate of drug-likeness (QED) is 0.194. The summed E-state index contributed by atoms with van der Waals surface area (Å²) in [6, 6.07) is 66.6. The SMILES string of the molecule is c1ccc2c(-c3ccc(-c4ccc(-c5cccc6ccccc56)c5c(-c6cccc7ccccc67)cccc45)cc3)cccc2c1. The van der Waals surface area contributed by atoms with Gasteiger partial charge in [0, 0.05) is 0 Å². The van der Waals surface area contributed by atoms with Crippen LogP contribution in [0.5, 0.6) is 0 Å². The molecule has 0 heteroatoms. The van der Waals surface area contributed by atoms with Crippen molar-refractivity contribution in [3.05, 3.63) is 182 Å². The van der Waals surface area contributed by atoms with Gasteiger partial charge in [-0.15, -0.1) is 0 Å². The highest BCUT2D eigenvalue weighted by Crippen LogP contribution is 2.44. The van der Waals surface area contributed by atoms with Crippen molar-refractivity contribution in [1.29, 1.82) is 0 Å². The zero-order chi connectivity index (χ0) is 30.5. The summed E-state index contributed by atoms with van der Waals surface area (Å²) in [5.74, 6) is 0. The molecular weight excluding hydrogens is 553 g/mol. The van der Waals surface area contributed by atoms with Crippen LogP contribution in [-0.2, 0) is 0 Å². The molecule has 0 fully saturated rings. The Hall–Kier alpha value is -5.98. The number of rotatable bonds is 4. The van der Waals surface area contributed by atoms with Gasteiger partial charge < -0.3 is 0 Å². The maximum Gasteiger partial charge on any atom is -0.00201 e. The first-order valence-corrected chi connectivity index (χ1v) is 15.9. The van der Waals surface area contributed by atoms with Crippen LogP contribution in [0.25, 0.3) is 87.6 Å². The van der Waals surface area contributed by atoms with E-state index in [2.05, 4.69) is 182 Å². The molecule has 9 aromatic rings. The van der Waals surface area contributed by atoms with Gasteiger partial charge in [0.15, 0.2) is 0 Å². The molecule has 0 atom stereocenters. The molecule has 0 aliphatic rings. The van der Waals surface area contributed by atoms with Crippen molar-refractivity contribution in [1.82, 2.24) is 0 Å². The van der Waals surface area contributed by atoms with Crippen molar-refractivity contribution in [2.24, 2.45) is 0 Å². The van der Waals surface area contributed by atoms with Gasteiger partial charge in [0.25, 0.3) is 0 Å². The minimum absolute atomic E-state index is 1.22. The van der Waals surface area contributed by atoms with Crippen LogP contribution in [-0.4, -0.2) is 0 Å². The summed E-state index contributed by atoms with van der Waals surface area (Å²) in [5, 5.41) is 10.1. The molecule has 0 aromatic heterocycles. The van der Waals surface area contributed by atoms with Gasteiger partial charge in [-0.2, -0.15) is 0 Å². The van der Waals surface area contributed by atoms with Crippen LogP contribution >= 0.6 is 0 Å². The Morgan fingerprint density at radius 2 is 0.522 bits per heavy atom. The topological polar surface area (TPSA) is 0 Å². The van der Waals surface area contributed by atoms with Gasteiger partial charge in [-0.3, -0.25) is 0 Å². The molecule has 0 N–H and O–H groups in total. The second kappa shape index (κ2) is 10.9. The highest BCUT2D eigenvalue weighted by atomic mass is 14.2. The second-order valence-electron chi connectivity index (χ2n) is 12.0. The summed E-state index contributed by atoms with van der Waals surface area (Å²) in [4.78, 5) is 0. The van der Waals surface area contributed by atoms with E-state index in [9.17, 15) is 0 Å². The monoisotopic (exact) mass is 582 g/mol. The third-order valence-electron chi connectivity index (χ3n) is 9.50. The number of hydrogen-bond donors (Lipinski definition) is 0. The molecule has 9 rings (SSSR count). The van der Waals surface area contributed by atoms with Crippen LogP contribution in [0, 0.1) is 0 Å². The number of hydrogen-bond acceptors (Lipinski definition) is 0. The van der Waals surface area contributed by atoms with Crippen LogP contribution in [0.1, 0.15) is 0 Å². The molecule has 0 heterocycles. The Morgan fingerprint density at radius 3 is 1.07 bits per heavy atom. The average Bonchev–Trinajstić information content (AvgIpc) is 3.13. The fourth-order valence-corrected chi connectivity index (χ4v) is 7.33. The summed E-state index contributed by atoms with van der Waals surface area (Å²) in [6.45, 7) is 0. The molecule has 0 radical (unpaired) electrons. The van der Waals surface area contributed by atoms with E-state index in [1.54, 1.807) is 0 Å². The van der Waals surface area contributed by atoms with Crippen LogP contribution in [0.2, 0.25) is 0 Å². The summed E-state index contributed by atoms with van der Waals surface area (Å²) in [6.07, 6.45) is 0. The third-order valence-corrected chi connectivity index (χ3v) is 9.50. The molecule has 0 unspecified atom stereocenters. The Bertz CT molecular complexity index is 2470. The van der Waals surface area contributed by atoms with Gasteiger partial charge in [0.2, 0.25) is 0 Å². The highest BCUT2D eigenvalue weighted by Gasteiger charge is 2.17. The van der Waals surface area contributed by atoms with E-state index in [1.807, 2.05) is 0 Å². The normalized spacial score (nSPS) is 11.5. The maximum atomic E-state index is 2.34. The molecule has 0 aliphatic carbocycles. The summed E-state index contributed by atoms with van der Waals surface area (Å²) in [5.41, 5.74) is 9.98. The average molecular weight is 583 g/mol. The fraction of sp³-hybridized carbons (Fsp3) is 0.